The summed E-state index contributed by atoms with van der Waals surface area (Å²) in [6.45, 7) is 2.59. The summed E-state index contributed by atoms with van der Waals surface area (Å²) >= 11 is 0. The molecule has 23 heavy (non-hydrogen) atoms. The Balaban J connectivity index is 2.06. The first-order valence-corrected chi connectivity index (χ1v) is 7.34. The number of hydrogen-bond acceptors (Lipinski definition) is 6. The Kier molecular flexibility index (Phi) is 5.64. The fourth-order valence-electron chi connectivity index (χ4n) is 2.37. The van der Waals surface area contributed by atoms with Crippen LogP contribution in [-0.2, 0) is 25.5 Å². The molecule has 0 aliphatic carbocycles. The van der Waals surface area contributed by atoms with E-state index in [0.29, 0.717) is 30.9 Å². The van der Waals surface area contributed by atoms with E-state index in [9.17, 15) is 19.7 Å². The number of non-ortho nitro benzene ring substituents is 1. The van der Waals surface area contributed by atoms with Crippen molar-refractivity contribution in [2.75, 3.05) is 31.3 Å². The van der Waals surface area contributed by atoms with Gasteiger partial charge >= 0.3 is 5.97 Å². The summed E-state index contributed by atoms with van der Waals surface area (Å²) in [4.78, 5) is 35.5. The first-order valence-electron chi connectivity index (χ1n) is 7.34. The Morgan fingerprint density at radius 2 is 2.13 bits per heavy atom. The lowest BCUT2D eigenvalue weighted by Crippen LogP contribution is -2.39. The number of ether oxygens (including phenoxy) is 2. The minimum absolute atomic E-state index is 0.0302. The van der Waals surface area contributed by atoms with E-state index >= 15 is 0 Å². The van der Waals surface area contributed by atoms with Gasteiger partial charge in [0, 0.05) is 30.8 Å². The fraction of sp³-hybridized carbons (Fsp3) is 0.467. The van der Waals surface area contributed by atoms with Crippen LogP contribution in [0.5, 0.6) is 0 Å². The van der Waals surface area contributed by atoms with E-state index in [4.69, 9.17) is 9.47 Å². The van der Waals surface area contributed by atoms with Crippen LogP contribution >= 0.6 is 0 Å². The van der Waals surface area contributed by atoms with Gasteiger partial charge in [0.15, 0.2) is 0 Å². The van der Waals surface area contributed by atoms with Gasteiger partial charge in [0.05, 0.1) is 11.5 Å². The topological polar surface area (TPSA) is 99.0 Å². The Morgan fingerprint density at radius 3 is 2.83 bits per heavy atom. The van der Waals surface area contributed by atoms with Crippen LogP contribution in [0.25, 0.3) is 0 Å². The third-order valence-corrected chi connectivity index (χ3v) is 3.46. The highest BCUT2D eigenvalue weighted by Gasteiger charge is 2.27. The molecule has 1 aliphatic heterocycles. The second-order valence-electron chi connectivity index (χ2n) is 4.97. The summed E-state index contributed by atoms with van der Waals surface area (Å²) in [6.07, 6.45) is 0.631. The summed E-state index contributed by atoms with van der Waals surface area (Å²) in [5.74, 6) is -0.739. The van der Waals surface area contributed by atoms with Crippen molar-refractivity contribution in [1.29, 1.82) is 0 Å². The van der Waals surface area contributed by atoms with Crippen LogP contribution in [0.4, 0.5) is 11.4 Å². The van der Waals surface area contributed by atoms with Gasteiger partial charge in [0.2, 0.25) is 5.91 Å². The normalized spacial score (nSPS) is 13.6. The molecule has 1 amide bonds. The summed E-state index contributed by atoms with van der Waals surface area (Å²) in [5, 5.41) is 10.8. The summed E-state index contributed by atoms with van der Waals surface area (Å²) in [5.41, 5.74) is 1.17. The number of nitro benzene ring substituents is 1. The first kappa shape index (κ1) is 16.9. The number of nitrogens with zero attached hydrogens (tertiary/aromatic N) is 2. The Hall–Kier alpha value is -2.48. The molecule has 1 aromatic rings. The third-order valence-electron chi connectivity index (χ3n) is 3.46. The van der Waals surface area contributed by atoms with Gasteiger partial charge in [-0.1, -0.05) is 0 Å². The second kappa shape index (κ2) is 7.68. The van der Waals surface area contributed by atoms with Crippen LogP contribution < -0.4 is 4.90 Å². The highest BCUT2D eigenvalue weighted by atomic mass is 16.6. The Bertz CT molecular complexity index is 616. The number of amides is 1. The van der Waals surface area contributed by atoms with E-state index in [-0.39, 0.29) is 31.2 Å². The standard InChI is InChI=1S/C15H18N2O6/c1-2-22-7-8-23-15(19)10-16-13-5-4-12(17(20)21)9-11(13)3-6-14(16)18/h4-5,9H,2-3,6-8,10H2,1H3. The van der Waals surface area contributed by atoms with Gasteiger partial charge < -0.3 is 14.4 Å². The molecule has 2 rings (SSSR count). The molecule has 1 aromatic carbocycles. The van der Waals surface area contributed by atoms with Gasteiger partial charge in [0.1, 0.15) is 13.2 Å². The van der Waals surface area contributed by atoms with E-state index in [1.165, 1.54) is 23.1 Å². The van der Waals surface area contributed by atoms with Crippen molar-refractivity contribution in [3.05, 3.63) is 33.9 Å². The highest BCUT2D eigenvalue weighted by molar-refractivity contribution is 6.00. The smallest absolute Gasteiger partial charge is 0.326 e. The van der Waals surface area contributed by atoms with E-state index in [1.54, 1.807) is 0 Å². The van der Waals surface area contributed by atoms with Gasteiger partial charge in [-0.05, 0) is 25.0 Å². The average molecular weight is 322 g/mol. The molecule has 0 bridgehead atoms. The number of hydrogen-bond donors (Lipinski definition) is 0. The molecule has 0 aromatic heterocycles. The fourth-order valence-corrected chi connectivity index (χ4v) is 2.37. The van der Waals surface area contributed by atoms with Gasteiger partial charge in [-0.3, -0.25) is 19.7 Å². The predicted octanol–water partition coefficient (Wildman–Crippen LogP) is 1.45. The van der Waals surface area contributed by atoms with Gasteiger partial charge in [-0.15, -0.1) is 0 Å². The lowest BCUT2D eigenvalue weighted by atomic mass is 10.0. The zero-order valence-electron chi connectivity index (χ0n) is 12.8. The van der Waals surface area contributed by atoms with Crippen molar-refractivity contribution in [2.24, 2.45) is 0 Å². The monoisotopic (exact) mass is 322 g/mol. The largest absolute Gasteiger partial charge is 0.462 e. The number of rotatable bonds is 7. The lowest BCUT2D eigenvalue weighted by molar-refractivity contribution is -0.384. The molecular weight excluding hydrogens is 304 g/mol. The lowest BCUT2D eigenvalue weighted by Gasteiger charge is -2.28. The number of nitro groups is 1. The van der Waals surface area contributed by atoms with Crippen molar-refractivity contribution in [1.82, 2.24) is 0 Å². The number of esters is 1. The molecule has 0 atom stereocenters. The van der Waals surface area contributed by atoms with E-state index in [2.05, 4.69) is 0 Å². The van der Waals surface area contributed by atoms with Crippen molar-refractivity contribution < 1.29 is 24.0 Å². The molecule has 1 aliphatic rings. The molecule has 0 radical (unpaired) electrons. The number of anilines is 1. The predicted molar refractivity (Wildman–Crippen MR) is 81.2 cm³/mol. The van der Waals surface area contributed by atoms with Gasteiger partial charge in [0.25, 0.3) is 5.69 Å². The molecule has 124 valence electrons. The summed E-state index contributed by atoms with van der Waals surface area (Å²) < 4.78 is 10.1. The molecule has 8 heteroatoms. The third kappa shape index (κ3) is 4.26. The summed E-state index contributed by atoms with van der Waals surface area (Å²) in [6, 6.07) is 4.26. The van der Waals surface area contributed by atoms with Gasteiger partial charge in [-0.25, -0.2) is 0 Å². The molecular formula is C15H18N2O6. The SMILES string of the molecule is CCOCCOC(=O)CN1C(=O)CCc2cc([N+](=O)[O-])ccc21. The Labute approximate surface area is 133 Å². The van der Waals surface area contributed by atoms with E-state index in [1.807, 2.05) is 6.92 Å². The Morgan fingerprint density at radius 1 is 1.35 bits per heavy atom. The van der Waals surface area contributed by atoms with Crippen LogP contribution in [-0.4, -0.2) is 43.2 Å². The maximum Gasteiger partial charge on any atom is 0.326 e. The van der Waals surface area contributed by atoms with Crippen LogP contribution in [0, 0.1) is 10.1 Å². The molecule has 0 saturated carbocycles. The number of fused-ring (bicyclic) bond motifs is 1. The zero-order valence-corrected chi connectivity index (χ0v) is 12.8. The van der Waals surface area contributed by atoms with Crippen LogP contribution in [0.2, 0.25) is 0 Å². The molecule has 0 saturated heterocycles. The van der Waals surface area contributed by atoms with Crippen LogP contribution in [0.1, 0.15) is 18.9 Å². The van der Waals surface area contributed by atoms with Gasteiger partial charge in [-0.2, -0.15) is 0 Å². The summed E-state index contributed by atoms with van der Waals surface area (Å²) in [7, 11) is 0. The molecule has 0 fully saturated rings. The molecule has 0 unspecified atom stereocenters. The number of carbonyl (C=O) groups is 2. The van der Waals surface area contributed by atoms with E-state index in [0.717, 1.165) is 0 Å². The van der Waals surface area contributed by atoms with E-state index < -0.39 is 10.9 Å². The maximum atomic E-state index is 12.0. The van der Waals surface area contributed by atoms with Crippen LogP contribution in [0.3, 0.4) is 0 Å². The number of carbonyl (C=O) groups excluding carboxylic acids is 2. The van der Waals surface area contributed by atoms with Crippen molar-refractivity contribution in [3.8, 4) is 0 Å². The zero-order chi connectivity index (χ0) is 16.8. The number of benzene rings is 1. The quantitative estimate of drug-likeness (QED) is 0.326. The molecule has 0 spiro atoms. The first-order chi connectivity index (χ1) is 11.0. The van der Waals surface area contributed by atoms with Crippen molar-refractivity contribution >= 4 is 23.3 Å². The molecule has 1 heterocycles. The second-order valence-corrected chi connectivity index (χ2v) is 4.97. The molecule has 0 N–H and O–H groups in total. The van der Waals surface area contributed by atoms with Crippen molar-refractivity contribution in [2.45, 2.75) is 19.8 Å². The highest BCUT2D eigenvalue weighted by Crippen LogP contribution is 2.30. The maximum absolute atomic E-state index is 12.0. The molecule has 8 nitrogen and oxygen atoms in total. The minimum Gasteiger partial charge on any atom is -0.462 e. The minimum atomic E-state index is -0.538. The average Bonchev–Trinajstić information content (AvgIpc) is 2.53. The van der Waals surface area contributed by atoms with Crippen molar-refractivity contribution in [3.63, 3.8) is 0 Å². The van der Waals surface area contributed by atoms with Crippen LogP contribution in [0.15, 0.2) is 18.2 Å². The number of aryl methyl sites for hydroxylation is 1.